The van der Waals surface area contributed by atoms with Gasteiger partial charge in [0.25, 0.3) is 0 Å². The highest BCUT2D eigenvalue weighted by Gasteiger charge is 2.22. The molecule has 8 nitrogen and oxygen atoms in total. The van der Waals surface area contributed by atoms with E-state index in [1.165, 1.54) is 12.7 Å². The van der Waals surface area contributed by atoms with E-state index in [0.717, 1.165) is 40.8 Å². The number of nitrogens with zero attached hydrogens (tertiary/aromatic N) is 1. The lowest BCUT2D eigenvalue weighted by Crippen LogP contribution is -2.40. The summed E-state index contributed by atoms with van der Waals surface area (Å²) in [5, 5.41) is 0. The van der Waals surface area contributed by atoms with Crippen molar-refractivity contribution in [2.45, 2.75) is 52.0 Å². The van der Waals surface area contributed by atoms with Crippen molar-refractivity contribution in [3.05, 3.63) is 161 Å². The maximum atomic E-state index is 13.6. The highest BCUT2D eigenvalue weighted by atomic mass is 17.2. The van der Waals surface area contributed by atoms with E-state index in [0.29, 0.717) is 37.7 Å². The monoisotopic (exact) mass is 675 g/mol. The van der Waals surface area contributed by atoms with E-state index in [4.69, 9.17) is 28.7 Å². The van der Waals surface area contributed by atoms with Crippen molar-refractivity contribution in [2.24, 2.45) is 0 Å². The van der Waals surface area contributed by atoms with Crippen molar-refractivity contribution in [2.75, 3.05) is 20.4 Å². The second-order valence-corrected chi connectivity index (χ2v) is 12.0. The maximum Gasteiger partial charge on any atom is 0.410 e. The number of methoxy groups -OCH3 is 1. The van der Waals surface area contributed by atoms with Crippen LogP contribution < -0.4 is 14.4 Å². The Bertz CT molecular complexity index is 1700. The van der Waals surface area contributed by atoms with Crippen LogP contribution in [0.3, 0.4) is 0 Å². The molecule has 5 aromatic rings. The first-order valence-corrected chi connectivity index (χ1v) is 16.9. The molecule has 0 spiro atoms. The lowest BCUT2D eigenvalue weighted by molar-refractivity contribution is -0.260. The molecule has 50 heavy (non-hydrogen) atoms. The van der Waals surface area contributed by atoms with Gasteiger partial charge in [-0.3, -0.25) is 0 Å². The van der Waals surface area contributed by atoms with E-state index < -0.39 is 0 Å². The molecule has 1 amide bonds. The van der Waals surface area contributed by atoms with Gasteiger partial charge in [-0.2, -0.15) is 4.89 Å². The molecular formula is C42H45NO7. The van der Waals surface area contributed by atoms with Gasteiger partial charge in [-0.25, -0.2) is 4.79 Å². The van der Waals surface area contributed by atoms with Gasteiger partial charge in [0.1, 0.15) is 25.6 Å². The molecule has 0 bridgehead atoms. The lowest BCUT2D eigenvalue weighted by atomic mass is 10.0. The van der Waals surface area contributed by atoms with E-state index in [-0.39, 0.29) is 25.5 Å². The number of carbonyl (C=O) groups excluding carboxylic acids is 1. The molecule has 0 saturated carbocycles. The second kappa shape index (κ2) is 19.6. The number of amides is 1. The minimum atomic E-state index is -0.348. The smallest absolute Gasteiger partial charge is 0.410 e. The SMILES string of the molecule is COCOOc1ccc(CCN(C(=O)OCc2ccccc2)C(C)CCc2ccc(OCc3ccccc3)cc2)cc1OCc1ccccc1. The summed E-state index contributed by atoms with van der Waals surface area (Å²) in [6, 6.07) is 43.5. The Kier molecular flexibility index (Phi) is 14.1. The van der Waals surface area contributed by atoms with Crippen molar-refractivity contribution in [3.63, 3.8) is 0 Å². The fraction of sp³-hybridized carbons (Fsp3) is 0.262. The Morgan fingerprint density at radius 3 is 1.82 bits per heavy atom. The van der Waals surface area contributed by atoms with Gasteiger partial charge in [-0.05, 0) is 78.3 Å². The number of carbonyl (C=O) groups is 1. The number of hydrogen-bond acceptors (Lipinski definition) is 7. The average Bonchev–Trinajstić information content (AvgIpc) is 3.17. The zero-order valence-corrected chi connectivity index (χ0v) is 28.7. The van der Waals surface area contributed by atoms with Gasteiger partial charge in [0.2, 0.25) is 5.75 Å². The zero-order valence-electron chi connectivity index (χ0n) is 28.7. The molecule has 0 fully saturated rings. The zero-order chi connectivity index (χ0) is 34.8. The highest BCUT2D eigenvalue weighted by molar-refractivity contribution is 5.68. The van der Waals surface area contributed by atoms with Crippen LogP contribution >= 0.6 is 0 Å². The molecule has 0 aliphatic heterocycles. The standard InChI is InChI=1S/C42H45NO7/c1-33(18-19-34-20-23-39(24-21-34)46-29-36-12-6-3-7-13-36)43(42(44)48-31-38-16-10-5-11-17-38)27-26-35-22-25-40(50-49-32-45-2)41(28-35)47-30-37-14-8-4-9-15-37/h3-17,20-25,28,33H,18-19,26-27,29-32H2,1-2H3. The van der Waals surface area contributed by atoms with Crippen molar-refractivity contribution in [1.82, 2.24) is 4.90 Å². The first-order chi connectivity index (χ1) is 24.6. The summed E-state index contributed by atoms with van der Waals surface area (Å²) in [5.74, 6) is 1.79. The molecular weight excluding hydrogens is 630 g/mol. The minimum Gasteiger partial charge on any atom is -0.489 e. The fourth-order valence-electron chi connectivity index (χ4n) is 5.33. The number of ether oxygens (including phenoxy) is 4. The summed E-state index contributed by atoms with van der Waals surface area (Å²) < 4.78 is 22.9. The van der Waals surface area contributed by atoms with E-state index in [1.54, 1.807) is 6.07 Å². The summed E-state index contributed by atoms with van der Waals surface area (Å²) in [6.07, 6.45) is 1.80. The van der Waals surface area contributed by atoms with Crippen LogP contribution in [0, 0.1) is 0 Å². The van der Waals surface area contributed by atoms with Crippen molar-refractivity contribution in [3.8, 4) is 17.2 Å². The van der Waals surface area contributed by atoms with Gasteiger partial charge in [0.15, 0.2) is 12.5 Å². The van der Waals surface area contributed by atoms with E-state index in [1.807, 2.05) is 120 Å². The van der Waals surface area contributed by atoms with E-state index in [9.17, 15) is 4.79 Å². The first kappa shape index (κ1) is 36.0. The Labute approximate surface area is 295 Å². The molecule has 260 valence electrons. The third-order valence-electron chi connectivity index (χ3n) is 8.20. The van der Waals surface area contributed by atoms with Gasteiger partial charge in [0.05, 0.1) is 0 Å². The Balaban J connectivity index is 1.23. The van der Waals surface area contributed by atoms with Crippen molar-refractivity contribution in [1.29, 1.82) is 0 Å². The van der Waals surface area contributed by atoms with Crippen LogP contribution in [0.25, 0.3) is 0 Å². The molecule has 5 rings (SSSR count). The summed E-state index contributed by atoms with van der Waals surface area (Å²) in [4.78, 5) is 26.0. The molecule has 5 aromatic carbocycles. The van der Waals surface area contributed by atoms with Gasteiger partial charge >= 0.3 is 6.09 Å². The third kappa shape index (κ3) is 11.7. The van der Waals surface area contributed by atoms with Crippen LogP contribution in [0.5, 0.6) is 17.2 Å². The predicted octanol–water partition coefficient (Wildman–Crippen LogP) is 8.96. The number of hydrogen-bond donors (Lipinski definition) is 0. The van der Waals surface area contributed by atoms with Crippen LogP contribution in [0.1, 0.15) is 41.2 Å². The summed E-state index contributed by atoms with van der Waals surface area (Å²) in [7, 11) is 1.52. The third-order valence-corrected chi connectivity index (χ3v) is 8.20. The maximum absolute atomic E-state index is 13.6. The highest BCUT2D eigenvalue weighted by Crippen LogP contribution is 2.30. The fourth-order valence-corrected chi connectivity index (χ4v) is 5.33. The van der Waals surface area contributed by atoms with Crippen LogP contribution in [0.15, 0.2) is 133 Å². The van der Waals surface area contributed by atoms with Gasteiger partial charge in [-0.15, -0.1) is 0 Å². The van der Waals surface area contributed by atoms with Crippen LogP contribution in [-0.4, -0.2) is 37.5 Å². The molecule has 0 aliphatic carbocycles. The normalized spacial score (nSPS) is 11.4. The molecule has 0 saturated heterocycles. The van der Waals surface area contributed by atoms with Crippen LogP contribution in [0.4, 0.5) is 4.79 Å². The Hall–Kier alpha value is -5.31. The molecule has 0 heterocycles. The second-order valence-electron chi connectivity index (χ2n) is 12.0. The quantitative estimate of drug-likeness (QED) is 0.0374. The molecule has 1 unspecified atom stereocenters. The summed E-state index contributed by atoms with van der Waals surface area (Å²) in [5.41, 5.74) is 5.24. The molecule has 8 heteroatoms. The molecule has 0 radical (unpaired) electrons. The van der Waals surface area contributed by atoms with Crippen LogP contribution in [-0.2, 0) is 47.0 Å². The Morgan fingerprint density at radius 2 is 1.20 bits per heavy atom. The van der Waals surface area contributed by atoms with Gasteiger partial charge < -0.3 is 28.7 Å². The topological polar surface area (TPSA) is 75.7 Å². The molecule has 0 N–H and O–H groups in total. The van der Waals surface area contributed by atoms with Crippen LogP contribution in [0.2, 0.25) is 0 Å². The molecule has 0 aliphatic rings. The number of rotatable bonds is 19. The molecule has 1 atom stereocenters. The van der Waals surface area contributed by atoms with Gasteiger partial charge in [0, 0.05) is 19.7 Å². The largest absolute Gasteiger partial charge is 0.489 e. The number of benzene rings is 5. The van der Waals surface area contributed by atoms with E-state index >= 15 is 0 Å². The summed E-state index contributed by atoms with van der Waals surface area (Å²) in [6.45, 7) is 3.59. The number of aryl methyl sites for hydroxylation is 1. The average molecular weight is 676 g/mol. The Morgan fingerprint density at radius 1 is 0.620 bits per heavy atom. The lowest BCUT2D eigenvalue weighted by Gasteiger charge is -2.29. The van der Waals surface area contributed by atoms with Gasteiger partial charge in [-0.1, -0.05) is 109 Å². The summed E-state index contributed by atoms with van der Waals surface area (Å²) >= 11 is 0. The van der Waals surface area contributed by atoms with Crippen molar-refractivity contribution >= 4 is 6.09 Å². The predicted molar refractivity (Wildman–Crippen MR) is 193 cm³/mol. The molecule has 0 aromatic heterocycles. The first-order valence-electron chi connectivity index (χ1n) is 16.9. The minimum absolute atomic E-state index is 0.0238. The van der Waals surface area contributed by atoms with E-state index in [2.05, 4.69) is 19.1 Å². The van der Waals surface area contributed by atoms with Crippen molar-refractivity contribution < 1.29 is 33.5 Å².